The first-order valence-electron chi connectivity index (χ1n) is 29.1. The van der Waals surface area contributed by atoms with Crippen LogP contribution in [0.5, 0.6) is 0 Å². The zero-order valence-corrected chi connectivity index (χ0v) is 45.2. The average molecular weight is 1020 g/mol. The lowest BCUT2D eigenvalue weighted by Crippen LogP contribution is -1.94. The molecule has 0 saturated heterocycles. The van der Waals surface area contributed by atoms with Gasteiger partial charge in [0.2, 0.25) is 0 Å². The number of hydrogen-bond acceptors (Lipinski definition) is 4. The van der Waals surface area contributed by atoms with Crippen molar-refractivity contribution in [2.75, 3.05) is 0 Å². The minimum atomic E-state index is 0.889. The number of hydrogen-bond donors (Lipinski definition) is 4. The summed E-state index contributed by atoms with van der Waals surface area (Å²) in [5.74, 6) is 0. The molecule has 0 spiro atoms. The second-order valence-electron chi connectivity index (χ2n) is 22.1. The van der Waals surface area contributed by atoms with Gasteiger partial charge in [0.15, 0.2) is 0 Å². The molecule has 8 heteroatoms. The molecule has 2 aliphatic rings. The summed E-state index contributed by atoms with van der Waals surface area (Å²) in [6.45, 7) is 6.88. The van der Waals surface area contributed by atoms with E-state index >= 15 is 0 Å². The van der Waals surface area contributed by atoms with E-state index in [4.69, 9.17) is 19.9 Å². The Morgan fingerprint density at radius 2 is 0.885 bits per heavy atom. The Kier molecular flexibility index (Phi) is 12.5. The highest BCUT2D eigenvalue weighted by Gasteiger charge is 2.25. The third-order valence-electron chi connectivity index (χ3n) is 16.9. The highest BCUT2D eigenvalue weighted by molar-refractivity contribution is 6.39. The van der Waals surface area contributed by atoms with E-state index in [0.717, 1.165) is 182 Å². The van der Waals surface area contributed by atoms with Crippen LogP contribution >= 0.6 is 0 Å². The number of rotatable bonds is 17. The molecule has 8 aromatic heterocycles. The summed E-state index contributed by atoms with van der Waals surface area (Å²) in [7, 11) is 0. The van der Waals surface area contributed by atoms with Gasteiger partial charge in [-0.05, 0) is 129 Å². The summed E-state index contributed by atoms with van der Waals surface area (Å²) in [6, 6.07) is 42.2. The lowest BCUT2D eigenvalue weighted by atomic mass is 9.97. The number of nitrogens with one attached hydrogen (secondary N) is 4. The molecule has 4 N–H and O–H groups in total. The van der Waals surface area contributed by atoms with Crippen LogP contribution in [-0.2, 0) is 19.3 Å². The molecule has 78 heavy (non-hydrogen) atoms. The minimum Gasteiger partial charge on any atom is -0.355 e. The maximum Gasteiger partial charge on any atom is 0.0818 e. The van der Waals surface area contributed by atoms with Gasteiger partial charge < -0.3 is 19.9 Å². The SMILES string of the molecule is CCCCCCc1c2nc(c(CCCCCC)c3cc4c5cc6nc5c5c7[nH]c(cc7c7cc(nc7c5c4[nH]3)c(CCCCCC)c3ccc1[nH]3)c(-c1ccccc1)c1nc(cc3ccc([nH]3)c6-c3ccccc3)C=C1)C=C2. The van der Waals surface area contributed by atoms with E-state index in [1.807, 2.05) is 0 Å². The molecule has 8 nitrogen and oxygen atoms in total. The molecule has 4 aromatic carbocycles. The molecular formula is C70H66N8. The topological polar surface area (TPSA) is 115 Å². The largest absolute Gasteiger partial charge is 0.355 e. The fourth-order valence-corrected chi connectivity index (χ4v) is 13.0. The lowest BCUT2D eigenvalue weighted by molar-refractivity contribution is 0.666. The van der Waals surface area contributed by atoms with Gasteiger partial charge in [-0.15, -0.1) is 0 Å². The summed E-state index contributed by atoms with van der Waals surface area (Å²) < 4.78 is 0. The molecule has 16 bridgehead atoms. The number of benzene rings is 4. The van der Waals surface area contributed by atoms with E-state index in [1.54, 1.807) is 0 Å². The molecule has 0 radical (unpaired) electrons. The van der Waals surface area contributed by atoms with Crippen molar-refractivity contribution in [2.24, 2.45) is 0 Å². The maximum atomic E-state index is 5.95. The molecule has 386 valence electrons. The number of nitrogens with zero attached hydrogens (tertiary/aromatic N) is 4. The zero-order valence-electron chi connectivity index (χ0n) is 45.2. The molecule has 0 aliphatic carbocycles. The Balaban J connectivity index is 1.21. The van der Waals surface area contributed by atoms with Crippen LogP contribution in [0.4, 0.5) is 0 Å². The van der Waals surface area contributed by atoms with Gasteiger partial charge >= 0.3 is 0 Å². The summed E-state index contributed by atoms with van der Waals surface area (Å²) >= 11 is 0. The third kappa shape index (κ3) is 8.35. The first kappa shape index (κ1) is 48.0. The van der Waals surface area contributed by atoms with Gasteiger partial charge in [-0.1, -0.05) is 139 Å². The molecule has 0 amide bonds. The van der Waals surface area contributed by atoms with E-state index in [0.29, 0.717) is 0 Å². The van der Waals surface area contributed by atoms with Crippen molar-refractivity contribution >= 4 is 123 Å². The lowest BCUT2D eigenvalue weighted by Gasteiger charge is -2.07. The summed E-state index contributed by atoms with van der Waals surface area (Å²) in [4.78, 5) is 39.1. The summed E-state index contributed by atoms with van der Waals surface area (Å²) in [5.41, 5.74) is 24.3. The van der Waals surface area contributed by atoms with E-state index in [9.17, 15) is 0 Å². The Bertz CT molecular complexity index is 4510. The van der Waals surface area contributed by atoms with Crippen LogP contribution in [0, 0.1) is 0 Å². The molecular weight excluding hydrogens is 953 g/mol. The Morgan fingerprint density at radius 1 is 0.359 bits per heavy atom. The van der Waals surface area contributed by atoms with Gasteiger partial charge in [-0.3, -0.25) is 0 Å². The first-order valence-corrected chi connectivity index (χ1v) is 29.1. The van der Waals surface area contributed by atoms with E-state index < -0.39 is 0 Å². The van der Waals surface area contributed by atoms with Crippen molar-refractivity contribution in [1.82, 2.24) is 39.9 Å². The molecule has 12 aromatic rings. The average Bonchev–Trinajstić information content (AvgIpc) is 4.29. The normalized spacial score (nSPS) is 12.7. The van der Waals surface area contributed by atoms with Crippen LogP contribution < -0.4 is 0 Å². The van der Waals surface area contributed by atoms with Gasteiger partial charge in [0.25, 0.3) is 0 Å². The van der Waals surface area contributed by atoms with Gasteiger partial charge in [-0.25, -0.2) is 19.9 Å². The van der Waals surface area contributed by atoms with Gasteiger partial charge in [0.1, 0.15) is 0 Å². The van der Waals surface area contributed by atoms with E-state index in [-0.39, 0.29) is 0 Å². The fourth-order valence-electron chi connectivity index (χ4n) is 13.0. The van der Waals surface area contributed by atoms with Crippen molar-refractivity contribution in [2.45, 2.75) is 117 Å². The van der Waals surface area contributed by atoms with Crippen molar-refractivity contribution in [3.63, 3.8) is 0 Å². The van der Waals surface area contributed by atoms with Crippen LogP contribution in [0.25, 0.3) is 145 Å². The quantitative estimate of drug-likeness (QED) is 0.0680. The number of aromatic nitrogens is 8. The Labute approximate surface area is 454 Å². The highest BCUT2D eigenvalue weighted by Crippen LogP contribution is 2.47. The van der Waals surface area contributed by atoms with Gasteiger partial charge in [-0.2, -0.15) is 0 Å². The van der Waals surface area contributed by atoms with Gasteiger partial charge in [0, 0.05) is 93.2 Å². The predicted octanol–water partition coefficient (Wildman–Crippen LogP) is 19.3. The van der Waals surface area contributed by atoms with Crippen molar-refractivity contribution < 1.29 is 0 Å². The second kappa shape index (κ2) is 20.2. The van der Waals surface area contributed by atoms with Crippen LogP contribution in [0.3, 0.4) is 0 Å². The molecule has 0 atom stereocenters. The number of fused-ring (bicyclic) bond motifs is 14. The van der Waals surface area contributed by atoms with E-state index in [2.05, 4.69) is 180 Å². The molecule has 0 saturated carbocycles. The monoisotopic (exact) mass is 1020 g/mol. The van der Waals surface area contributed by atoms with Crippen molar-refractivity contribution in [3.8, 4) is 22.3 Å². The Hall–Kier alpha value is -8.36. The smallest absolute Gasteiger partial charge is 0.0818 e. The fraction of sp³-hybridized carbons (Fsp3) is 0.257. The predicted molar refractivity (Wildman–Crippen MR) is 331 cm³/mol. The number of aromatic amines is 4. The number of unbranched alkanes of at least 4 members (excludes halogenated alkanes) is 9. The van der Waals surface area contributed by atoms with E-state index in [1.165, 1.54) is 74.5 Å². The molecule has 0 fully saturated rings. The standard InChI is InChI=1S/C70H66N8/c1-4-7-10-19-26-46-53-33-35-55(73-53)47(27-20-11-8-5-2)59-38-49-51-40-61-63(42-22-15-13-16-23-42)57-31-29-44(71-57)37-45-30-32-58(72-45)64(43-24-17-14-18-25-43)62-41-52-50-39-60(48(28-21-12-9-6-3)56-36-34-54(46)74-56)76-68(50)65(67(49)75-59)66(69(51)77-61)70(52)78-62/h13-18,22-25,29-41,71,74-75,78H,4-12,19-21,26-28H2,1-3H3. The first-order chi connectivity index (χ1) is 38.5. The van der Waals surface area contributed by atoms with Crippen LogP contribution in [-0.4, -0.2) is 39.9 Å². The summed E-state index contributed by atoms with van der Waals surface area (Å²) in [6.07, 6.45) is 25.7. The molecule has 0 unspecified atom stereocenters. The van der Waals surface area contributed by atoms with Crippen molar-refractivity contribution in [1.29, 1.82) is 0 Å². The van der Waals surface area contributed by atoms with Gasteiger partial charge in [0.05, 0.1) is 55.9 Å². The van der Waals surface area contributed by atoms with Crippen molar-refractivity contribution in [3.05, 3.63) is 155 Å². The third-order valence-corrected chi connectivity index (χ3v) is 16.9. The highest BCUT2D eigenvalue weighted by atomic mass is 14.8. The minimum absolute atomic E-state index is 0.889. The Morgan fingerprint density at radius 3 is 1.53 bits per heavy atom. The zero-order chi connectivity index (χ0) is 52.3. The summed E-state index contributed by atoms with van der Waals surface area (Å²) in [5, 5.41) is 6.63. The second-order valence-corrected chi connectivity index (χ2v) is 22.1. The molecule has 14 rings (SSSR count). The maximum absolute atomic E-state index is 5.95. The molecule has 10 heterocycles. The number of H-pyrrole nitrogens is 4. The molecule has 2 aliphatic heterocycles. The number of aryl methyl sites for hydroxylation is 3. The van der Waals surface area contributed by atoms with Crippen LogP contribution in [0.1, 0.15) is 137 Å². The van der Waals surface area contributed by atoms with Crippen LogP contribution in [0.15, 0.2) is 115 Å². The van der Waals surface area contributed by atoms with Crippen LogP contribution in [0.2, 0.25) is 0 Å².